The van der Waals surface area contributed by atoms with Gasteiger partial charge in [-0.05, 0) is 51.9 Å². The number of fused-ring (bicyclic) bond motifs is 7. The van der Waals surface area contributed by atoms with Crippen LogP contribution in [0.1, 0.15) is 44.7 Å². The summed E-state index contributed by atoms with van der Waals surface area (Å²) in [5, 5.41) is 6.90. The van der Waals surface area contributed by atoms with Gasteiger partial charge in [0.15, 0.2) is 0 Å². The smallest absolute Gasteiger partial charge is 0.216 e. The Morgan fingerprint density at radius 1 is 0.621 bits per heavy atom. The van der Waals surface area contributed by atoms with Crippen LogP contribution >= 0.6 is 0 Å². The number of pyridine rings is 2. The first-order valence-corrected chi connectivity index (χ1v) is 30.1. The van der Waals surface area contributed by atoms with Gasteiger partial charge >= 0.3 is 126 Å². The van der Waals surface area contributed by atoms with Crippen molar-refractivity contribution in [2.45, 2.75) is 57.3 Å². The predicted molar refractivity (Wildman–Crippen MR) is 275 cm³/mol. The molecule has 0 N–H and O–H groups in total. The van der Waals surface area contributed by atoms with E-state index < -0.39 is 13.3 Å². The van der Waals surface area contributed by atoms with Crippen molar-refractivity contribution in [2.24, 2.45) is 5.92 Å². The zero-order valence-electron chi connectivity index (χ0n) is 38.5. The van der Waals surface area contributed by atoms with Crippen molar-refractivity contribution >= 4 is 72.3 Å². The Labute approximate surface area is 403 Å². The summed E-state index contributed by atoms with van der Waals surface area (Å²) in [6.45, 7) is 9.13. The average molecular weight is 1100 g/mol. The van der Waals surface area contributed by atoms with Crippen molar-refractivity contribution in [1.82, 2.24) is 19.5 Å². The normalized spacial score (nSPS) is 11.8. The zero-order valence-corrected chi connectivity index (χ0v) is 43.0. The average Bonchev–Trinajstić information content (AvgIpc) is 3.90. The molecule has 0 fully saturated rings. The maximum absolute atomic E-state index is 6.63. The molecule has 0 saturated carbocycles. The van der Waals surface area contributed by atoms with Gasteiger partial charge in [0, 0.05) is 36.4 Å². The fraction of sp³-hybridized carbons (Fsp3) is 0.169. The molecule has 0 bridgehead atoms. The van der Waals surface area contributed by atoms with Gasteiger partial charge < -0.3 is 8.98 Å². The van der Waals surface area contributed by atoms with Crippen molar-refractivity contribution in [2.75, 3.05) is 0 Å². The van der Waals surface area contributed by atoms with Crippen LogP contribution in [-0.2, 0) is 26.5 Å². The van der Waals surface area contributed by atoms with Gasteiger partial charge in [0.25, 0.3) is 0 Å². The maximum Gasteiger partial charge on any atom is 0.216 e. The standard InChI is InChI=1S/C41H28N3O.C18H24GeN.Ir/c1-25(2)37-29-17-8-6-15-27(29)28-16-7-9-18-30(28)38(37)44-36-22-11-10-21-35(36)42-40(44)33-20-12-19-31-32-23-24-34(26-13-4-3-5-14-26)43-41(32)45-39(31)33;1-14(2)11-16-12-18(15-9-7-6-8-10-15)20-13-17(16)19(3,4)5;/h3-19,21-25H,1-2H3;6-9,12-14H,11H2,1-5H3;/q2*-1;. The van der Waals surface area contributed by atoms with E-state index in [-0.39, 0.29) is 26.0 Å². The molecule has 11 aromatic rings. The van der Waals surface area contributed by atoms with E-state index in [4.69, 9.17) is 19.4 Å². The Morgan fingerprint density at radius 2 is 1.30 bits per heavy atom. The molecule has 329 valence electrons. The second-order valence-electron chi connectivity index (χ2n) is 18.7. The fourth-order valence-electron chi connectivity index (χ4n) is 9.43. The minimum Gasteiger partial charge on any atom is -0.486 e. The first-order chi connectivity index (χ1) is 31.5. The summed E-state index contributed by atoms with van der Waals surface area (Å²) in [7, 11) is 0. The number of rotatable bonds is 8. The summed E-state index contributed by atoms with van der Waals surface area (Å²) >= 11 is -1.86. The minimum absolute atomic E-state index is 0. The SMILES string of the molecule is CC(C)Cc1cc(-c2[c-]cccc2)nc[c]1[Ge]([CH3])([CH3])[CH3].CC(C)c1c(-n2c(-c3[c-]ccc4c3oc3nc(-c5ccccc5)ccc34)nc3ccccc32)c2ccccc2c2ccccc12.[Ir]. The molecule has 5 nitrogen and oxygen atoms in total. The van der Waals surface area contributed by atoms with E-state index in [1.165, 1.54) is 32.7 Å². The number of para-hydroxylation sites is 2. The Balaban J connectivity index is 0.000000221. The molecular formula is C59H52GeIrN4O-2. The van der Waals surface area contributed by atoms with Crippen LogP contribution in [0.3, 0.4) is 0 Å². The van der Waals surface area contributed by atoms with Gasteiger partial charge in [-0.3, -0.25) is 4.98 Å². The minimum atomic E-state index is -1.86. The summed E-state index contributed by atoms with van der Waals surface area (Å²) in [5.41, 5.74) is 12.1. The Kier molecular flexibility index (Phi) is 12.7. The third-order valence-electron chi connectivity index (χ3n) is 12.3. The van der Waals surface area contributed by atoms with Crippen molar-refractivity contribution in [3.63, 3.8) is 0 Å². The molecule has 0 spiro atoms. The molecule has 7 aromatic carbocycles. The Bertz CT molecular complexity index is 3510. The molecule has 0 aliphatic carbocycles. The molecular weight excluding hydrogens is 1050 g/mol. The van der Waals surface area contributed by atoms with Crippen molar-refractivity contribution < 1.29 is 24.5 Å². The topological polar surface area (TPSA) is 56.7 Å². The van der Waals surface area contributed by atoms with E-state index in [0.717, 1.165) is 73.4 Å². The van der Waals surface area contributed by atoms with E-state index in [0.29, 0.717) is 11.6 Å². The van der Waals surface area contributed by atoms with E-state index >= 15 is 0 Å². The molecule has 4 heterocycles. The van der Waals surface area contributed by atoms with Gasteiger partial charge in [-0.1, -0.05) is 116 Å². The second kappa shape index (κ2) is 18.6. The summed E-state index contributed by atoms with van der Waals surface area (Å²) < 4.78 is 10.5. The van der Waals surface area contributed by atoms with Crippen LogP contribution in [0, 0.1) is 18.1 Å². The van der Waals surface area contributed by atoms with Crippen molar-refractivity contribution in [1.29, 1.82) is 0 Å². The molecule has 7 heteroatoms. The third kappa shape index (κ3) is 8.43. The summed E-state index contributed by atoms with van der Waals surface area (Å²) in [4.78, 5) is 14.9. The largest absolute Gasteiger partial charge is 0.486 e. The number of furan rings is 1. The molecule has 11 rings (SSSR count). The number of benzene rings is 7. The van der Waals surface area contributed by atoms with E-state index in [9.17, 15) is 0 Å². The van der Waals surface area contributed by atoms with E-state index in [2.05, 4.69) is 177 Å². The number of hydrogen-bond donors (Lipinski definition) is 0. The quantitative estimate of drug-likeness (QED) is 0.0864. The molecule has 0 aliphatic rings. The summed E-state index contributed by atoms with van der Waals surface area (Å²) in [6, 6.07) is 61.4. The second-order valence-corrected chi connectivity index (χ2v) is 29.3. The number of imidazole rings is 1. The molecule has 66 heavy (non-hydrogen) atoms. The molecule has 0 aliphatic heterocycles. The van der Waals surface area contributed by atoms with E-state index in [1.807, 2.05) is 48.5 Å². The van der Waals surface area contributed by atoms with Crippen molar-refractivity contribution in [3.8, 4) is 39.6 Å². The van der Waals surface area contributed by atoms with E-state index in [1.54, 1.807) is 4.40 Å². The fourth-order valence-corrected chi connectivity index (χ4v) is 12.8. The molecule has 0 saturated heterocycles. The van der Waals surface area contributed by atoms with Crippen LogP contribution < -0.4 is 4.40 Å². The van der Waals surface area contributed by atoms with Crippen LogP contribution in [0.2, 0.25) is 17.3 Å². The molecule has 0 unspecified atom stereocenters. The van der Waals surface area contributed by atoms with Gasteiger partial charge in [-0.2, -0.15) is 0 Å². The number of aromatic nitrogens is 4. The first kappa shape index (κ1) is 45.0. The van der Waals surface area contributed by atoms with Crippen molar-refractivity contribution in [3.05, 3.63) is 187 Å². The van der Waals surface area contributed by atoms with Crippen LogP contribution in [0.15, 0.2) is 168 Å². The van der Waals surface area contributed by atoms with Crippen LogP contribution in [0.4, 0.5) is 0 Å². The summed E-state index contributed by atoms with van der Waals surface area (Å²) in [5.74, 6) is 9.05. The maximum atomic E-state index is 6.63. The molecule has 4 aromatic heterocycles. The van der Waals surface area contributed by atoms with Crippen LogP contribution in [-0.4, -0.2) is 32.8 Å². The summed E-state index contributed by atoms with van der Waals surface area (Å²) in [6.07, 6.45) is 3.27. The van der Waals surface area contributed by atoms with Crippen LogP contribution in [0.5, 0.6) is 0 Å². The molecule has 0 atom stereocenters. The number of nitrogens with zero attached hydrogens (tertiary/aromatic N) is 4. The monoisotopic (exact) mass is 1100 g/mol. The van der Waals surface area contributed by atoms with Gasteiger partial charge in [0.1, 0.15) is 0 Å². The third-order valence-corrected chi connectivity index (χ3v) is 16.6. The van der Waals surface area contributed by atoms with Gasteiger partial charge in [0.2, 0.25) is 5.71 Å². The van der Waals surface area contributed by atoms with Crippen LogP contribution in [0.25, 0.3) is 94.2 Å². The predicted octanol–water partition coefficient (Wildman–Crippen LogP) is 15.2. The van der Waals surface area contributed by atoms with Gasteiger partial charge in [0.05, 0.1) is 33.8 Å². The molecule has 0 amide bonds. The van der Waals surface area contributed by atoms with Gasteiger partial charge in [-0.15, -0.1) is 18.2 Å². The first-order valence-electron chi connectivity index (χ1n) is 22.7. The Morgan fingerprint density at radius 3 is 2.02 bits per heavy atom. The number of hydrogen-bond acceptors (Lipinski definition) is 4. The molecule has 1 radical (unpaired) electrons. The Hall–Kier alpha value is -6.18. The van der Waals surface area contributed by atoms with Gasteiger partial charge in [-0.25, -0.2) is 4.98 Å². The zero-order chi connectivity index (χ0) is 44.8.